The van der Waals surface area contributed by atoms with Gasteiger partial charge in [-0.1, -0.05) is 19.8 Å². The topological polar surface area (TPSA) is 0 Å². The summed E-state index contributed by atoms with van der Waals surface area (Å²) in [5, 5.41) is 0. The molecule has 12 heavy (non-hydrogen) atoms. The maximum atomic E-state index is 2.33. The van der Waals surface area contributed by atoms with Gasteiger partial charge in [-0.25, -0.2) is 0 Å². The Balaban J connectivity index is 3.47. The van der Waals surface area contributed by atoms with Crippen LogP contribution in [0.25, 0.3) is 0 Å². The zero-order valence-electron chi connectivity index (χ0n) is 9.56. The van der Waals surface area contributed by atoms with E-state index in [0.717, 1.165) is 6.04 Å². The van der Waals surface area contributed by atoms with Gasteiger partial charge in [0, 0.05) is 0 Å². The van der Waals surface area contributed by atoms with Crippen LogP contribution in [0.2, 0.25) is 0 Å². The third kappa shape index (κ3) is 4.76. The van der Waals surface area contributed by atoms with Gasteiger partial charge in [0.15, 0.2) is 0 Å². The summed E-state index contributed by atoms with van der Waals surface area (Å²) in [5.74, 6) is 0. The van der Waals surface area contributed by atoms with Gasteiger partial charge in [0.1, 0.15) is 0 Å². The first-order valence-corrected chi connectivity index (χ1v) is 5.33. The van der Waals surface area contributed by atoms with E-state index in [4.69, 9.17) is 0 Å². The zero-order chi connectivity index (χ0) is 9.61. The van der Waals surface area contributed by atoms with Crippen molar-refractivity contribution in [1.29, 1.82) is 0 Å². The highest BCUT2D eigenvalue weighted by atomic mass is 15.3. The molecular weight excluding hydrogens is 146 g/mol. The van der Waals surface area contributed by atoms with Crippen molar-refractivity contribution >= 4 is 0 Å². The fourth-order valence-electron chi connectivity index (χ4n) is 1.20. The predicted molar refractivity (Wildman–Crippen MR) is 56.3 cm³/mol. The van der Waals surface area contributed by atoms with E-state index in [9.17, 15) is 0 Å². The summed E-state index contributed by atoms with van der Waals surface area (Å²) in [5.41, 5.74) is 0. The Morgan fingerprint density at radius 2 is 1.58 bits per heavy atom. The molecule has 0 aromatic rings. The quantitative estimate of drug-likeness (QED) is 0.427. The Labute approximate surface area is 78.4 Å². The lowest BCUT2D eigenvalue weighted by Crippen LogP contribution is -2.46. The molecule has 0 bridgehead atoms. The SMILES string of the molecule is CCCCCC[N+](C)(C)C(C)C. The zero-order valence-corrected chi connectivity index (χ0v) is 9.56. The molecule has 1 nitrogen and oxygen atoms in total. The molecule has 0 heterocycles. The number of rotatable bonds is 6. The van der Waals surface area contributed by atoms with Gasteiger partial charge in [0.2, 0.25) is 0 Å². The lowest BCUT2D eigenvalue weighted by Gasteiger charge is -2.34. The summed E-state index contributed by atoms with van der Waals surface area (Å²) in [6.07, 6.45) is 5.54. The van der Waals surface area contributed by atoms with E-state index in [2.05, 4.69) is 34.9 Å². The van der Waals surface area contributed by atoms with Crippen LogP contribution in [0.15, 0.2) is 0 Å². The van der Waals surface area contributed by atoms with Crippen molar-refractivity contribution in [1.82, 2.24) is 0 Å². The van der Waals surface area contributed by atoms with Crippen LogP contribution < -0.4 is 0 Å². The minimum Gasteiger partial charge on any atom is -0.327 e. The van der Waals surface area contributed by atoms with Crippen LogP contribution in [0.4, 0.5) is 0 Å². The first-order chi connectivity index (χ1) is 5.50. The lowest BCUT2D eigenvalue weighted by molar-refractivity contribution is -0.911. The smallest absolute Gasteiger partial charge is 0.0829 e. The molecule has 0 spiro atoms. The first kappa shape index (κ1) is 12.0. The van der Waals surface area contributed by atoms with Crippen molar-refractivity contribution in [3.63, 3.8) is 0 Å². The molecule has 0 saturated heterocycles. The van der Waals surface area contributed by atoms with Gasteiger partial charge in [-0.05, 0) is 26.7 Å². The van der Waals surface area contributed by atoms with E-state index in [1.54, 1.807) is 0 Å². The number of quaternary nitrogens is 1. The molecule has 0 saturated carbocycles. The molecule has 0 aromatic heterocycles. The molecule has 0 aliphatic rings. The highest BCUT2D eigenvalue weighted by molar-refractivity contribution is 4.43. The molecule has 0 N–H and O–H groups in total. The maximum absolute atomic E-state index is 2.33. The second-order valence-electron chi connectivity index (χ2n) is 4.66. The summed E-state index contributed by atoms with van der Waals surface area (Å²) in [6.45, 7) is 8.21. The van der Waals surface area contributed by atoms with Gasteiger partial charge in [0.25, 0.3) is 0 Å². The molecule has 0 atom stereocenters. The normalized spacial score (nSPS) is 12.5. The highest BCUT2D eigenvalue weighted by Gasteiger charge is 2.18. The second-order valence-corrected chi connectivity index (χ2v) is 4.66. The third-order valence-electron chi connectivity index (χ3n) is 2.99. The Morgan fingerprint density at radius 1 is 1.00 bits per heavy atom. The molecule has 1 heteroatoms. The van der Waals surface area contributed by atoms with Crippen molar-refractivity contribution in [3.8, 4) is 0 Å². The van der Waals surface area contributed by atoms with Gasteiger partial charge >= 0.3 is 0 Å². The summed E-state index contributed by atoms with van der Waals surface area (Å²) in [6, 6.07) is 0.756. The van der Waals surface area contributed by atoms with Crippen LogP contribution >= 0.6 is 0 Å². The average molecular weight is 172 g/mol. The second kappa shape index (κ2) is 5.58. The molecule has 0 fully saturated rings. The fraction of sp³-hybridized carbons (Fsp3) is 1.00. The summed E-state index contributed by atoms with van der Waals surface area (Å²) in [4.78, 5) is 0. The fourth-order valence-corrected chi connectivity index (χ4v) is 1.20. The van der Waals surface area contributed by atoms with Crippen molar-refractivity contribution in [2.45, 2.75) is 52.5 Å². The van der Waals surface area contributed by atoms with Crippen LogP contribution in [0.1, 0.15) is 46.5 Å². The van der Waals surface area contributed by atoms with Crippen molar-refractivity contribution in [2.24, 2.45) is 0 Å². The minimum atomic E-state index is 0.756. The van der Waals surface area contributed by atoms with Crippen LogP contribution in [-0.2, 0) is 0 Å². The standard InChI is InChI=1S/C11H26N/c1-6-7-8-9-10-12(4,5)11(2)3/h11H,6-10H2,1-5H3/q+1. The Morgan fingerprint density at radius 3 is 2.00 bits per heavy atom. The van der Waals surface area contributed by atoms with E-state index in [-0.39, 0.29) is 0 Å². The molecule has 0 aliphatic carbocycles. The lowest BCUT2D eigenvalue weighted by atomic mass is 10.1. The van der Waals surface area contributed by atoms with Crippen molar-refractivity contribution in [3.05, 3.63) is 0 Å². The molecule has 0 radical (unpaired) electrons. The van der Waals surface area contributed by atoms with Gasteiger partial charge in [0.05, 0.1) is 26.7 Å². The van der Waals surface area contributed by atoms with E-state index in [1.807, 2.05) is 0 Å². The van der Waals surface area contributed by atoms with E-state index in [0.29, 0.717) is 0 Å². The third-order valence-corrected chi connectivity index (χ3v) is 2.99. The van der Waals surface area contributed by atoms with Crippen LogP contribution in [0, 0.1) is 0 Å². The number of hydrogen-bond acceptors (Lipinski definition) is 0. The van der Waals surface area contributed by atoms with Gasteiger partial charge < -0.3 is 4.48 Å². The van der Waals surface area contributed by atoms with Crippen LogP contribution in [0.3, 0.4) is 0 Å². The van der Waals surface area contributed by atoms with Gasteiger partial charge in [-0.3, -0.25) is 0 Å². The Bertz CT molecular complexity index is 106. The van der Waals surface area contributed by atoms with Crippen LogP contribution in [-0.4, -0.2) is 31.2 Å². The molecule has 0 unspecified atom stereocenters. The van der Waals surface area contributed by atoms with E-state index >= 15 is 0 Å². The Kier molecular flexibility index (Phi) is 5.56. The highest BCUT2D eigenvalue weighted by Crippen LogP contribution is 2.09. The number of nitrogens with zero attached hydrogens (tertiary/aromatic N) is 1. The average Bonchev–Trinajstić information content (AvgIpc) is 1.98. The van der Waals surface area contributed by atoms with Crippen molar-refractivity contribution in [2.75, 3.05) is 20.6 Å². The largest absolute Gasteiger partial charge is 0.327 e. The molecule has 0 amide bonds. The van der Waals surface area contributed by atoms with Crippen LogP contribution in [0.5, 0.6) is 0 Å². The molecule has 0 rings (SSSR count). The summed E-state index contributed by atoms with van der Waals surface area (Å²) in [7, 11) is 4.66. The minimum absolute atomic E-state index is 0.756. The summed E-state index contributed by atoms with van der Waals surface area (Å²) >= 11 is 0. The number of hydrogen-bond donors (Lipinski definition) is 0. The first-order valence-electron chi connectivity index (χ1n) is 5.33. The molecule has 74 valence electrons. The van der Waals surface area contributed by atoms with Gasteiger partial charge in [-0.15, -0.1) is 0 Å². The van der Waals surface area contributed by atoms with Crippen molar-refractivity contribution < 1.29 is 4.48 Å². The predicted octanol–water partition coefficient (Wildman–Crippen LogP) is 3.05. The molecule has 0 aromatic carbocycles. The molecular formula is C11H26N+. The molecule has 0 aliphatic heterocycles. The number of unbranched alkanes of at least 4 members (excludes halogenated alkanes) is 3. The van der Waals surface area contributed by atoms with Gasteiger partial charge in [-0.2, -0.15) is 0 Å². The van der Waals surface area contributed by atoms with E-state index in [1.165, 1.54) is 36.7 Å². The monoisotopic (exact) mass is 172 g/mol. The maximum Gasteiger partial charge on any atom is 0.0829 e. The summed E-state index contributed by atoms with van der Waals surface area (Å²) < 4.78 is 1.17. The Hall–Kier alpha value is -0.0400. The van der Waals surface area contributed by atoms with E-state index < -0.39 is 0 Å².